The number of esters is 1. The van der Waals surface area contributed by atoms with E-state index < -0.39 is 0 Å². The molecule has 0 aliphatic heterocycles. The maximum absolute atomic E-state index is 11.6. The number of aromatic nitrogens is 1. The predicted octanol–water partition coefficient (Wildman–Crippen LogP) is 2.09. The van der Waals surface area contributed by atoms with Crippen LogP contribution in [0.3, 0.4) is 0 Å². The predicted molar refractivity (Wildman–Crippen MR) is 69.1 cm³/mol. The molecule has 1 heterocycles. The van der Waals surface area contributed by atoms with Crippen LogP contribution in [0, 0.1) is 0 Å². The van der Waals surface area contributed by atoms with Gasteiger partial charge in [-0.15, -0.1) is 0 Å². The van der Waals surface area contributed by atoms with E-state index in [4.69, 9.17) is 4.74 Å². The Hall–Kier alpha value is -1.81. The molecule has 0 aliphatic rings. The van der Waals surface area contributed by atoms with Crippen molar-refractivity contribution in [3.63, 3.8) is 0 Å². The van der Waals surface area contributed by atoms with E-state index in [1.807, 2.05) is 48.9 Å². The van der Waals surface area contributed by atoms with E-state index in [0.29, 0.717) is 0 Å². The first-order chi connectivity index (χ1) is 8.61. The number of aliphatic hydroxyl groups is 1. The number of carbonyl (C=O) groups excluding carboxylic acids is 1. The van der Waals surface area contributed by atoms with Crippen LogP contribution in [0.1, 0.15) is 19.4 Å². The molecule has 4 heteroatoms. The van der Waals surface area contributed by atoms with Gasteiger partial charge in [-0.25, -0.2) is 0 Å². The van der Waals surface area contributed by atoms with Gasteiger partial charge in [0.15, 0.2) is 0 Å². The Kier molecular flexibility index (Phi) is 3.67. The summed E-state index contributed by atoms with van der Waals surface area (Å²) >= 11 is 0. The Morgan fingerprint density at radius 1 is 1.39 bits per heavy atom. The minimum atomic E-state index is -0.253. The molecule has 0 bridgehead atoms. The van der Waals surface area contributed by atoms with E-state index in [1.54, 1.807) is 0 Å². The number of nitrogens with zero attached hydrogens (tertiary/aromatic N) is 1. The summed E-state index contributed by atoms with van der Waals surface area (Å²) < 4.78 is 6.95. The molecule has 0 saturated carbocycles. The summed E-state index contributed by atoms with van der Waals surface area (Å²) in [7, 11) is 0. The topological polar surface area (TPSA) is 51.5 Å². The molecule has 4 nitrogen and oxygen atoms in total. The highest BCUT2D eigenvalue weighted by atomic mass is 16.5. The minimum absolute atomic E-state index is 0.00219. The monoisotopic (exact) mass is 247 g/mol. The lowest BCUT2D eigenvalue weighted by Gasteiger charge is -2.09. The zero-order valence-corrected chi connectivity index (χ0v) is 10.6. The lowest BCUT2D eigenvalue weighted by Crippen LogP contribution is -2.16. The molecule has 1 aromatic carbocycles. The van der Waals surface area contributed by atoms with E-state index in [-0.39, 0.29) is 25.2 Å². The molecule has 0 spiro atoms. The number of benzene rings is 1. The van der Waals surface area contributed by atoms with Gasteiger partial charge in [0.25, 0.3) is 0 Å². The van der Waals surface area contributed by atoms with Crippen LogP contribution in [0.25, 0.3) is 10.9 Å². The van der Waals surface area contributed by atoms with Crippen molar-refractivity contribution in [2.75, 3.05) is 0 Å². The van der Waals surface area contributed by atoms with E-state index in [1.165, 1.54) is 0 Å². The normalized spacial score (nSPS) is 11.1. The van der Waals surface area contributed by atoms with Crippen LogP contribution >= 0.6 is 0 Å². The van der Waals surface area contributed by atoms with Crippen LogP contribution in [0.4, 0.5) is 0 Å². The van der Waals surface area contributed by atoms with E-state index in [0.717, 1.165) is 16.5 Å². The molecule has 18 heavy (non-hydrogen) atoms. The molecular formula is C14H17NO3. The summed E-state index contributed by atoms with van der Waals surface area (Å²) in [6.45, 7) is 3.85. The summed E-state index contributed by atoms with van der Waals surface area (Å²) in [4.78, 5) is 11.6. The first-order valence-electron chi connectivity index (χ1n) is 5.99. The molecule has 1 N–H and O–H groups in total. The lowest BCUT2D eigenvalue weighted by atomic mass is 10.1. The molecule has 0 unspecified atom stereocenters. The third-order valence-corrected chi connectivity index (χ3v) is 2.74. The maximum atomic E-state index is 11.6. The number of carbonyl (C=O) groups is 1. The standard InChI is InChI=1S/C14H17NO3/c1-10(2)18-14(17)8-15-7-6-12-11(9-16)4-3-5-13(12)15/h3-7,10,16H,8-9H2,1-2H3. The molecule has 0 amide bonds. The van der Waals surface area contributed by atoms with Crippen LogP contribution in [-0.2, 0) is 22.7 Å². The van der Waals surface area contributed by atoms with Gasteiger partial charge in [-0.1, -0.05) is 12.1 Å². The largest absolute Gasteiger partial charge is 0.462 e. The average molecular weight is 247 g/mol. The lowest BCUT2D eigenvalue weighted by molar-refractivity contribution is -0.148. The SMILES string of the molecule is CC(C)OC(=O)Cn1ccc2c(CO)cccc21. The smallest absolute Gasteiger partial charge is 0.326 e. The molecule has 2 aromatic rings. The van der Waals surface area contributed by atoms with Gasteiger partial charge in [0, 0.05) is 17.1 Å². The Balaban J connectivity index is 2.27. The number of rotatable bonds is 4. The quantitative estimate of drug-likeness (QED) is 0.842. The summed E-state index contributed by atoms with van der Waals surface area (Å²) in [6.07, 6.45) is 1.73. The second-order valence-electron chi connectivity index (χ2n) is 4.49. The van der Waals surface area contributed by atoms with Crippen LogP contribution in [0.15, 0.2) is 30.5 Å². The van der Waals surface area contributed by atoms with Crippen LogP contribution < -0.4 is 0 Å². The molecule has 0 fully saturated rings. The Morgan fingerprint density at radius 2 is 2.17 bits per heavy atom. The average Bonchev–Trinajstić information content (AvgIpc) is 2.71. The highest BCUT2D eigenvalue weighted by Gasteiger charge is 2.10. The van der Waals surface area contributed by atoms with Gasteiger partial charge in [-0.05, 0) is 31.5 Å². The van der Waals surface area contributed by atoms with Gasteiger partial charge in [-0.3, -0.25) is 4.79 Å². The summed E-state index contributed by atoms with van der Waals surface area (Å²) in [5.41, 5.74) is 1.80. The minimum Gasteiger partial charge on any atom is -0.462 e. The molecular weight excluding hydrogens is 230 g/mol. The van der Waals surface area contributed by atoms with Crippen molar-refractivity contribution in [1.82, 2.24) is 4.57 Å². The summed E-state index contributed by atoms with van der Waals surface area (Å²) in [6, 6.07) is 7.58. The fraction of sp³-hybridized carbons (Fsp3) is 0.357. The molecule has 0 atom stereocenters. The van der Waals surface area contributed by atoms with Crippen molar-refractivity contribution >= 4 is 16.9 Å². The zero-order chi connectivity index (χ0) is 13.1. The molecule has 96 valence electrons. The molecule has 0 aliphatic carbocycles. The van der Waals surface area contributed by atoms with Crippen molar-refractivity contribution in [3.8, 4) is 0 Å². The van der Waals surface area contributed by atoms with Gasteiger partial charge >= 0.3 is 5.97 Å². The maximum Gasteiger partial charge on any atom is 0.326 e. The van der Waals surface area contributed by atoms with Crippen LogP contribution in [-0.4, -0.2) is 21.7 Å². The second kappa shape index (κ2) is 5.23. The van der Waals surface area contributed by atoms with E-state index >= 15 is 0 Å². The Morgan fingerprint density at radius 3 is 2.83 bits per heavy atom. The summed E-state index contributed by atoms with van der Waals surface area (Å²) in [5.74, 6) is -0.253. The van der Waals surface area contributed by atoms with Gasteiger partial charge < -0.3 is 14.4 Å². The zero-order valence-electron chi connectivity index (χ0n) is 10.6. The Bertz CT molecular complexity index is 557. The van der Waals surface area contributed by atoms with Crippen molar-refractivity contribution in [3.05, 3.63) is 36.0 Å². The van der Waals surface area contributed by atoms with Gasteiger partial charge in [0.05, 0.1) is 12.7 Å². The molecule has 0 radical (unpaired) electrons. The van der Waals surface area contributed by atoms with Gasteiger partial charge in [0.2, 0.25) is 0 Å². The highest BCUT2D eigenvalue weighted by molar-refractivity contribution is 5.85. The van der Waals surface area contributed by atoms with Crippen molar-refractivity contribution in [2.24, 2.45) is 0 Å². The number of aliphatic hydroxyl groups excluding tert-OH is 1. The Labute approximate surface area is 106 Å². The third-order valence-electron chi connectivity index (χ3n) is 2.74. The van der Waals surface area contributed by atoms with Crippen LogP contribution in [0.5, 0.6) is 0 Å². The fourth-order valence-corrected chi connectivity index (χ4v) is 2.00. The number of ether oxygens (including phenoxy) is 1. The van der Waals surface area contributed by atoms with Crippen LogP contribution in [0.2, 0.25) is 0 Å². The van der Waals surface area contributed by atoms with Crippen molar-refractivity contribution in [2.45, 2.75) is 33.1 Å². The molecule has 2 rings (SSSR count). The highest BCUT2D eigenvalue weighted by Crippen LogP contribution is 2.20. The first-order valence-corrected chi connectivity index (χ1v) is 5.99. The first kappa shape index (κ1) is 12.6. The summed E-state index contributed by atoms with van der Waals surface area (Å²) in [5, 5.41) is 10.2. The fourth-order valence-electron chi connectivity index (χ4n) is 2.00. The molecule has 0 saturated heterocycles. The van der Waals surface area contributed by atoms with Gasteiger partial charge in [0.1, 0.15) is 6.54 Å². The second-order valence-corrected chi connectivity index (χ2v) is 4.49. The number of hydrogen-bond acceptors (Lipinski definition) is 3. The van der Waals surface area contributed by atoms with Crippen molar-refractivity contribution in [1.29, 1.82) is 0 Å². The van der Waals surface area contributed by atoms with Gasteiger partial charge in [-0.2, -0.15) is 0 Å². The van der Waals surface area contributed by atoms with E-state index in [9.17, 15) is 9.90 Å². The number of hydrogen-bond donors (Lipinski definition) is 1. The third kappa shape index (κ3) is 2.54. The molecule has 1 aromatic heterocycles. The number of fused-ring (bicyclic) bond motifs is 1. The van der Waals surface area contributed by atoms with Crippen molar-refractivity contribution < 1.29 is 14.6 Å². The van der Waals surface area contributed by atoms with E-state index in [2.05, 4.69) is 0 Å².